The molecule has 0 bridgehead atoms. The van der Waals surface area contributed by atoms with Crippen LogP contribution in [-0.2, 0) is 49.3 Å². The van der Waals surface area contributed by atoms with E-state index in [0.717, 1.165) is 0 Å². The summed E-state index contributed by atoms with van der Waals surface area (Å²) in [6.45, 7) is 13.9. The number of hydrogen-bond donors (Lipinski definition) is 0. The maximum Gasteiger partial charge on any atom is -0.172 e. The van der Waals surface area contributed by atoms with Crippen LogP contribution in [0.1, 0.15) is 45.4 Å². The van der Waals surface area contributed by atoms with Gasteiger partial charge in [0.15, 0.2) is 0 Å². The summed E-state index contributed by atoms with van der Waals surface area (Å²) in [6.07, 6.45) is 3.81. The summed E-state index contributed by atoms with van der Waals surface area (Å²) in [5, 5.41) is 2.86. The summed E-state index contributed by atoms with van der Waals surface area (Å²) in [7, 11) is 9.53. The Hall–Kier alpha value is -0.921. The third-order valence-electron chi connectivity index (χ3n) is 6.91. The summed E-state index contributed by atoms with van der Waals surface area (Å²) in [6, 6.07) is 28.1. The fourth-order valence-electron chi connectivity index (χ4n) is 4.90. The van der Waals surface area contributed by atoms with Crippen LogP contribution in [-0.4, -0.2) is 6.88 Å². The zero-order chi connectivity index (χ0) is 27.4. The Morgan fingerprint density at radius 2 is 1.36 bits per heavy atom. The minimum atomic E-state index is 0. The van der Waals surface area contributed by atoms with Crippen LogP contribution < -0.4 is 0 Å². The van der Waals surface area contributed by atoms with Gasteiger partial charge in [0.25, 0.3) is 0 Å². The first-order valence-corrected chi connectivity index (χ1v) is 19.5. The normalized spacial score (nSPS) is 10.7. The van der Waals surface area contributed by atoms with Crippen molar-refractivity contribution in [1.29, 1.82) is 0 Å². The zero-order valence-corrected chi connectivity index (χ0v) is 30.3. The van der Waals surface area contributed by atoms with Gasteiger partial charge in [-0.1, -0.05) is 47.5 Å². The van der Waals surface area contributed by atoms with Crippen LogP contribution in [0.15, 0.2) is 78.9 Å². The molecule has 0 unspecified atom stereocenters. The fourth-order valence-corrected chi connectivity index (χ4v) is 4.90. The van der Waals surface area contributed by atoms with Crippen molar-refractivity contribution in [1.82, 2.24) is 0 Å². The molecule has 1 aliphatic rings. The third kappa shape index (κ3) is 10.8. The van der Waals surface area contributed by atoms with Crippen LogP contribution in [0.5, 0.6) is 0 Å². The summed E-state index contributed by atoms with van der Waals surface area (Å²) in [5.74, 6) is 0. The van der Waals surface area contributed by atoms with Gasteiger partial charge in [-0.15, -0.1) is 57.5 Å². The van der Waals surface area contributed by atoms with Gasteiger partial charge in [0.05, 0.1) is 0 Å². The second kappa shape index (κ2) is 20.0. The predicted octanol–water partition coefficient (Wildman–Crippen LogP) is 10.7. The minimum Gasteiger partial charge on any atom is -0.214 e. The fraction of sp³-hybridized carbons (Fsp3) is 0.235. The van der Waals surface area contributed by atoms with Crippen LogP contribution >= 0.6 is 20.2 Å². The van der Waals surface area contributed by atoms with Crippen molar-refractivity contribution in [2.24, 2.45) is 0 Å². The SMILES string of the molecule is Cc1[cH-]c(C)c(C)c1C.Cc1cc2c(-[c-]3cccc3)c3c(cc2[cH-]1)CCC3.[CH3-].[CH3-].[Cl][Fe][Cl].[Si]=[Zr+2].c1cc[cH-]c1. The van der Waals surface area contributed by atoms with Crippen molar-refractivity contribution in [2.45, 2.75) is 53.9 Å². The molecule has 2 radical (unpaired) electrons. The van der Waals surface area contributed by atoms with E-state index in [4.69, 9.17) is 20.2 Å². The molecule has 0 atom stereocenters. The number of rotatable bonds is 1. The van der Waals surface area contributed by atoms with E-state index in [0.29, 0.717) is 0 Å². The molecule has 6 rings (SSSR count). The van der Waals surface area contributed by atoms with Crippen LogP contribution in [0.2, 0.25) is 0 Å². The van der Waals surface area contributed by atoms with Gasteiger partial charge in [0.1, 0.15) is 0 Å². The van der Waals surface area contributed by atoms with E-state index in [1.807, 2.05) is 30.3 Å². The zero-order valence-electron chi connectivity index (χ0n) is 24.2. The predicted molar refractivity (Wildman–Crippen MR) is 171 cm³/mol. The monoisotopic (exact) mass is 692 g/mol. The van der Waals surface area contributed by atoms with Crippen molar-refractivity contribution in [3.63, 3.8) is 0 Å². The molecule has 0 aromatic heterocycles. The topological polar surface area (TPSA) is 0 Å². The van der Waals surface area contributed by atoms with E-state index in [1.165, 1.54) is 92.3 Å². The molecule has 5 heteroatoms. The van der Waals surface area contributed by atoms with Crippen LogP contribution in [0.4, 0.5) is 0 Å². The molecule has 0 spiro atoms. The maximum atomic E-state index is 4.76. The molecular weight excluding hydrogens is 654 g/mol. The average molecular weight is 695 g/mol. The van der Waals surface area contributed by atoms with Gasteiger partial charge in [0.2, 0.25) is 0 Å². The summed E-state index contributed by atoms with van der Waals surface area (Å²) >= 11 is 1.55. The average Bonchev–Trinajstić information content (AvgIpc) is 3.72. The van der Waals surface area contributed by atoms with Crippen molar-refractivity contribution in [3.8, 4) is 11.1 Å². The van der Waals surface area contributed by atoms with Gasteiger partial charge in [-0.2, -0.15) is 70.1 Å². The van der Waals surface area contributed by atoms with E-state index < -0.39 is 0 Å². The number of aryl methyl sites for hydroxylation is 4. The van der Waals surface area contributed by atoms with E-state index in [1.54, 1.807) is 11.1 Å². The van der Waals surface area contributed by atoms with Gasteiger partial charge in [-0.25, -0.2) is 12.1 Å². The molecule has 0 saturated carbocycles. The first-order chi connectivity index (χ1) is 17.9. The van der Waals surface area contributed by atoms with Crippen LogP contribution in [0.25, 0.3) is 21.9 Å². The van der Waals surface area contributed by atoms with Gasteiger partial charge in [0, 0.05) is 0 Å². The Balaban J connectivity index is 0.000000581. The number of benzene rings is 1. The molecule has 5 aromatic rings. The number of hydrogen-bond acceptors (Lipinski definition) is 0. The van der Waals surface area contributed by atoms with Gasteiger partial charge in [-0.05, 0) is 6.42 Å². The quantitative estimate of drug-likeness (QED) is 0.121. The van der Waals surface area contributed by atoms with Crippen LogP contribution in [0, 0.1) is 49.5 Å². The molecule has 39 heavy (non-hydrogen) atoms. The van der Waals surface area contributed by atoms with Gasteiger partial charge >= 0.3 is 63.5 Å². The van der Waals surface area contributed by atoms with Crippen molar-refractivity contribution in [3.05, 3.63) is 133 Å². The smallest absolute Gasteiger partial charge is 0.172 e. The van der Waals surface area contributed by atoms with Crippen molar-refractivity contribution >= 4 is 37.8 Å². The number of halogens is 2. The second-order valence-corrected chi connectivity index (χ2v) is 11.0. The first kappa shape index (κ1) is 38.1. The van der Waals surface area contributed by atoms with E-state index in [-0.39, 0.29) is 28.0 Å². The molecule has 0 nitrogen and oxygen atoms in total. The Bertz CT molecular complexity index is 1290. The Labute approximate surface area is 269 Å². The molecule has 0 saturated heterocycles. The summed E-state index contributed by atoms with van der Waals surface area (Å²) < 4.78 is 0. The van der Waals surface area contributed by atoms with Gasteiger partial charge in [-0.3, -0.25) is 0 Å². The summed E-state index contributed by atoms with van der Waals surface area (Å²) in [4.78, 5) is 0. The molecule has 0 amide bonds. The maximum absolute atomic E-state index is 4.76. The molecule has 210 valence electrons. The third-order valence-corrected chi connectivity index (χ3v) is 6.91. The first-order valence-electron chi connectivity index (χ1n) is 12.3. The Morgan fingerprint density at radius 1 is 0.821 bits per heavy atom. The van der Waals surface area contributed by atoms with E-state index >= 15 is 0 Å². The largest absolute Gasteiger partial charge is 0.214 e. The molecule has 1 aliphatic carbocycles. The Kier molecular flexibility index (Phi) is 19.6. The molecule has 0 fully saturated rings. The standard InChI is InChI=1S/C18H16.C9H13.C5H5.2CH3.2ClH.Fe.Si.Zr/c1-12-9-15-11-14-7-4-8-16(14)18(17(15)10-12)13-5-2-3-6-13;1-6-5-7(2)9(4)8(6)3;1-2-4-5-3-1;;;;;;;/h2-3,5-6,9-11H,4,7-8H2,1H3;5H,1-4H3;1-5H;2*1H3;2*1H;;;/q-2;4*-1;;;+2;;+2/p-2. The molecule has 5 aromatic carbocycles. The molecule has 0 aliphatic heterocycles. The molecule has 0 N–H and O–H groups in total. The van der Waals surface area contributed by atoms with Crippen molar-refractivity contribution in [2.75, 3.05) is 0 Å². The van der Waals surface area contributed by atoms with Crippen molar-refractivity contribution < 1.29 is 36.5 Å². The molecular formula is C34H40Cl2FeSiZr-4. The minimum absolute atomic E-state index is 0. The number of fused-ring (bicyclic) bond motifs is 2. The van der Waals surface area contributed by atoms with Gasteiger partial charge < -0.3 is 14.9 Å². The van der Waals surface area contributed by atoms with E-state index in [9.17, 15) is 0 Å². The Morgan fingerprint density at radius 3 is 1.79 bits per heavy atom. The summed E-state index contributed by atoms with van der Waals surface area (Å²) in [5.41, 5.74) is 13.2. The molecule has 0 heterocycles. The van der Waals surface area contributed by atoms with Crippen LogP contribution in [0.3, 0.4) is 0 Å². The van der Waals surface area contributed by atoms with E-state index in [2.05, 4.69) is 90.0 Å². The second-order valence-electron chi connectivity index (χ2n) is 9.23.